The zero-order chi connectivity index (χ0) is 11.7. The summed E-state index contributed by atoms with van der Waals surface area (Å²) >= 11 is 6.37. The van der Waals surface area contributed by atoms with Gasteiger partial charge in [-0.05, 0) is 22.0 Å². The molecular formula is C9H6Br2F2N2O. The van der Waals surface area contributed by atoms with E-state index in [1.165, 1.54) is 0 Å². The van der Waals surface area contributed by atoms with Crippen molar-refractivity contribution >= 4 is 42.9 Å². The van der Waals surface area contributed by atoms with E-state index < -0.39 is 6.61 Å². The number of H-pyrrole nitrogens is 1. The second kappa shape index (κ2) is 4.67. The fourth-order valence-corrected chi connectivity index (χ4v) is 2.22. The topological polar surface area (TPSA) is 37.9 Å². The van der Waals surface area contributed by atoms with Crippen molar-refractivity contribution in [3.63, 3.8) is 0 Å². The first kappa shape index (κ1) is 11.8. The smallest absolute Gasteiger partial charge is 0.387 e. The maximum absolute atomic E-state index is 12.3. The van der Waals surface area contributed by atoms with Crippen molar-refractivity contribution in [2.75, 3.05) is 0 Å². The number of hydrogen-bond acceptors (Lipinski definition) is 2. The number of hydrogen-bond donors (Lipinski definition) is 1. The van der Waals surface area contributed by atoms with Crippen LogP contribution in [-0.2, 0) is 5.33 Å². The van der Waals surface area contributed by atoms with E-state index in [1.807, 2.05) is 0 Å². The average Bonchev–Trinajstić information content (AvgIpc) is 2.59. The van der Waals surface area contributed by atoms with E-state index in [1.54, 1.807) is 12.1 Å². The van der Waals surface area contributed by atoms with Crippen LogP contribution in [-0.4, -0.2) is 16.6 Å². The molecule has 0 amide bonds. The van der Waals surface area contributed by atoms with Crippen molar-refractivity contribution < 1.29 is 13.5 Å². The summed E-state index contributed by atoms with van der Waals surface area (Å²) < 4.78 is 29.5. The number of benzene rings is 1. The second-order valence-corrected chi connectivity index (χ2v) is 4.30. The first-order chi connectivity index (χ1) is 7.61. The van der Waals surface area contributed by atoms with Gasteiger partial charge < -0.3 is 9.72 Å². The minimum Gasteiger partial charge on any atom is -0.432 e. The van der Waals surface area contributed by atoms with Gasteiger partial charge in [-0.3, -0.25) is 0 Å². The molecule has 0 aliphatic rings. The molecule has 3 nitrogen and oxygen atoms in total. The standard InChI is InChI=1S/C9H6Br2F2N2O/c10-3-4-1-2-5-6(15-8(11)14-5)7(4)16-9(12)13/h1-2,9H,3H2,(H,14,15). The minimum absolute atomic E-state index is 0.103. The Morgan fingerprint density at radius 2 is 2.19 bits per heavy atom. The lowest BCUT2D eigenvalue weighted by atomic mass is 10.2. The lowest BCUT2D eigenvalue weighted by Crippen LogP contribution is -2.04. The summed E-state index contributed by atoms with van der Waals surface area (Å²) in [6.07, 6.45) is 0. The van der Waals surface area contributed by atoms with Crippen LogP contribution in [0.15, 0.2) is 16.9 Å². The van der Waals surface area contributed by atoms with E-state index in [-0.39, 0.29) is 5.75 Å². The third-order valence-corrected chi connectivity index (χ3v) is 2.99. The third-order valence-electron chi connectivity index (χ3n) is 2.01. The number of imidazole rings is 1. The molecule has 0 radical (unpaired) electrons. The predicted molar refractivity (Wildman–Crippen MR) is 63.1 cm³/mol. The van der Waals surface area contributed by atoms with Gasteiger partial charge in [-0.2, -0.15) is 8.78 Å². The highest BCUT2D eigenvalue weighted by Gasteiger charge is 2.15. The molecule has 1 aromatic heterocycles. The zero-order valence-electron chi connectivity index (χ0n) is 7.81. The van der Waals surface area contributed by atoms with Crippen molar-refractivity contribution in [1.82, 2.24) is 9.97 Å². The first-order valence-corrected chi connectivity index (χ1v) is 6.21. The Morgan fingerprint density at radius 3 is 2.81 bits per heavy atom. The van der Waals surface area contributed by atoms with E-state index in [0.29, 0.717) is 26.7 Å². The van der Waals surface area contributed by atoms with Gasteiger partial charge in [-0.15, -0.1) is 0 Å². The predicted octanol–water partition coefficient (Wildman–Crippen LogP) is 3.82. The lowest BCUT2D eigenvalue weighted by Gasteiger charge is -2.09. The van der Waals surface area contributed by atoms with Crippen molar-refractivity contribution in [2.24, 2.45) is 0 Å². The van der Waals surface area contributed by atoms with Crippen molar-refractivity contribution in [1.29, 1.82) is 0 Å². The normalized spacial score (nSPS) is 11.3. The number of nitrogens with zero attached hydrogens (tertiary/aromatic N) is 1. The lowest BCUT2D eigenvalue weighted by molar-refractivity contribution is -0.0493. The summed E-state index contributed by atoms with van der Waals surface area (Å²) in [5.41, 5.74) is 1.67. The van der Waals surface area contributed by atoms with Crippen LogP contribution in [0.25, 0.3) is 11.0 Å². The zero-order valence-corrected chi connectivity index (χ0v) is 11.0. The third kappa shape index (κ3) is 2.20. The van der Waals surface area contributed by atoms with Gasteiger partial charge in [0, 0.05) is 10.9 Å². The molecule has 2 aromatic rings. The highest BCUT2D eigenvalue weighted by Crippen LogP contribution is 2.32. The van der Waals surface area contributed by atoms with Crippen LogP contribution in [0.3, 0.4) is 0 Å². The van der Waals surface area contributed by atoms with Crippen molar-refractivity contribution in [3.05, 3.63) is 22.4 Å². The summed E-state index contributed by atoms with van der Waals surface area (Å²) in [5, 5.41) is 0.426. The number of aromatic nitrogens is 2. The summed E-state index contributed by atoms with van der Waals surface area (Å²) in [6.45, 7) is -2.86. The van der Waals surface area contributed by atoms with Gasteiger partial charge in [0.05, 0.1) is 5.52 Å². The molecule has 86 valence electrons. The van der Waals surface area contributed by atoms with Gasteiger partial charge in [0.1, 0.15) is 5.52 Å². The van der Waals surface area contributed by atoms with Gasteiger partial charge in [0.2, 0.25) is 0 Å². The number of nitrogens with one attached hydrogen (secondary N) is 1. The van der Waals surface area contributed by atoms with E-state index >= 15 is 0 Å². The molecule has 1 heterocycles. The number of fused-ring (bicyclic) bond motifs is 1. The minimum atomic E-state index is -2.86. The van der Waals surface area contributed by atoms with Crippen LogP contribution >= 0.6 is 31.9 Å². The SMILES string of the molecule is FC(F)Oc1c(CBr)ccc2[nH]c(Br)nc12. The Hall–Kier alpha value is -0.690. The highest BCUT2D eigenvalue weighted by molar-refractivity contribution is 9.10. The molecule has 0 spiro atoms. The van der Waals surface area contributed by atoms with E-state index in [9.17, 15) is 8.78 Å². The highest BCUT2D eigenvalue weighted by atomic mass is 79.9. The van der Waals surface area contributed by atoms with Gasteiger partial charge >= 0.3 is 6.61 Å². The van der Waals surface area contributed by atoms with Crippen molar-refractivity contribution in [2.45, 2.75) is 11.9 Å². The second-order valence-electron chi connectivity index (χ2n) is 2.99. The Morgan fingerprint density at radius 1 is 1.44 bits per heavy atom. The monoisotopic (exact) mass is 354 g/mol. The van der Waals surface area contributed by atoms with Crippen molar-refractivity contribution in [3.8, 4) is 5.75 Å². The molecule has 0 aliphatic heterocycles. The van der Waals surface area contributed by atoms with Crippen LogP contribution in [0, 0.1) is 0 Å². The number of rotatable bonds is 3. The number of aromatic amines is 1. The van der Waals surface area contributed by atoms with E-state index in [0.717, 1.165) is 0 Å². The van der Waals surface area contributed by atoms with Crippen LogP contribution in [0.2, 0.25) is 0 Å². The van der Waals surface area contributed by atoms with E-state index in [4.69, 9.17) is 0 Å². The van der Waals surface area contributed by atoms with Crippen LogP contribution in [0.1, 0.15) is 5.56 Å². The van der Waals surface area contributed by atoms with Gasteiger partial charge in [-0.25, -0.2) is 4.98 Å². The average molecular weight is 356 g/mol. The fourth-order valence-electron chi connectivity index (χ4n) is 1.39. The Labute approximate surface area is 106 Å². The quantitative estimate of drug-likeness (QED) is 0.850. The molecule has 1 N–H and O–H groups in total. The van der Waals surface area contributed by atoms with Crippen LogP contribution < -0.4 is 4.74 Å². The van der Waals surface area contributed by atoms with Gasteiger partial charge in [0.15, 0.2) is 10.5 Å². The largest absolute Gasteiger partial charge is 0.432 e. The van der Waals surface area contributed by atoms with E-state index in [2.05, 4.69) is 46.6 Å². The van der Waals surface area contributed by atoms with Gasteiger partial charge in [-0.1, -0.05) is 22.0 Å². The number of halogens is 4. The maximum atomic E-state index is 12.3. The molecule has 0 atom stereocenters. The molecular weight excluding hydrogens is 350 g/mol. The molecule has 0 saturated heterocycles. The fraction of sp³-hybridized carbons (Fsp3) is 0.222. The molecule has 2 rings (SSSR count). The molecule has 0 unspecified atom stereocenters. The maximum Gasteiger partial charge on any atom is 0.387 e. The first-order valence-electron chi connectivity index (χ1n) is 4.29. The molecule has 1 aromatic carbocycles. The summed E-state index contributed by atoms with van der Waals surface area (Å²) in [7, 11) is 0. The molecule has 7 heteroatoms. The Kier molecular flexibility index (Phi) is 3.44. The summed E-state index contributed by atoms with van der Waals surface area (Å²) in [5.74, 6) is 0.103. The van der Waals surface area contributed by atoms with Crippen LogP contribution in [0.4, 0.5) is 8.78 Å². The molecule has 0 aliphatic carbocycles. The molecule has 0 saturated carbocycles. The number of alkyl halides is 3. The number of ether oxygens (including phenoxy) is 1. The summed E-state index contributed by atoms with van der Waals surface area (Å²) in [4.78, 5) is 6.95. The summed E-state index contributed by atoms with van der Waals surface area (Å²) in [6, 6.07) is 3.47. The molecule has 0 bridgehead atoms. The Bertz CT molecular complexity index is 515. The molecule has 16 heavy (non-hydrogen) atoms. The molecule has 0 fully saturated rings. The Balaban J connectivity index is 2.62. The van der Waals surface area contributed by atoms with Gasteiger partial charge in [0.25, 0.3) is 0 Å². The van der Waals surface area contributed by atoms with Crippen LogP contribution in [0.5, 0.6) is 5.75 Å².